The average Bonchev–Trinajstić information content (AvgIpc) is 2.61. The molecule has 2 rings (SSSR count). The Morgan fingerprint density at radius 1 is 1.15 bits per heavy atom. The third-order valence-electron chi connectivity index (χ3n) is 4.28. The van der Waals surface area contributed by atoms with Gasteiger partial charge >= 0.3 is 5.97 Å². The number of ketones is 2. The summed E-state index contributed by atoms with van der Waals surface area (Å²) in [5.74, 6) is -2.45. The number of carbonyl (C=O) groups excluding carboxylic acids is 3. The summed E-state index contributed by atoms with van der Waals surface area (Å²) in [7, 11) is 0. The smallest absolute Gasteiger partial charge is 0.306 e. The van der Waals surface area contributed by atoms with Crippen molar-refractivity contribution >= 4 is 17.5 Å². The number of hydrogen-bond acceptors (Lipinski definition) is 6. The lowest BCUT2D eigenvalue weighted by Crippen LogP contribution is -2.16. The lowest BCUT2D eigenvalue weighted by atomic mass is 9.89. The molecule has 0 bridgehead atoms. The van der Waals surface area contributed by atoms with E-state index in [0.29, 0.717) is 6.42 Å². The van der Waals surface area contributed by atoms with Crippen molar-refractivity contribution in [2.45, 2.75) is 52.6 Å². The molecule has 6 heteroatoms. The number of allylic oxidation sites excluding steroid dienone is 3. The van der Waals surface area contributed by atoms with Gasteiger partial charge in [0.1, 0.15) is 17.6 Å². The van der Waals surface area contributed by atoms with Crippen LogP contribution < -0.4 is 0 Å². The molecule has 2 N–H and O–H groups in total. The van der Waals surface area contributed by atoms with Gasteiger partial charge < -0.3 is 14.9 Å². The SMILES string of the molecule is CCCCC(=O)O[C@H](CC=C(C)C)c1cc(O)c2c(c1O)C(=O)C=CC2=O. The number of rotatable bonds is 7. The average molecular weight is 372 g/mol. The zero-order chi connectivity index (χ0) is 20.1. The van der Waals surface area contributed by atoms with E-state index in [1.807, 2.05) is 26.8 Å². The zero-order valence-corrected chi connectivity index (χ0v) is 15.7. The minimum absolute atomic E-state index is 0.102. The number of phenols is 2. The third kappa shape index (κ3) is 4.64. The molecule has 0 aliphatic heterocycles. The van der Waals surface area contributed by atoms with Crippen LogP contribution in [-0.2, 0) is 9.53 Å². The molecule has 1 aliphatic rings. The van der Waals surface area contributed by atoms with Crippen molar-refractivity contribution in [1.82, 2.24) is 0 Å². The van der Waals surface area contributed by atoms with Crippen LogP contribution in [0.1, 0.15) is 78.8 Å². The van der Waals surface area contributed by atoms with E-state index in [0.717, 1.165) is 24.1 Å². The largest absolute Gasteiger partial charge is 0.507 e. The second-order valence-electron chi connectivity index (χ2n) is 6.74. The molecule has 1 aliphatic carbocycles. The quantitative estimate of drug-likeness (QED) is 0.423. The van der Waals surface area contributed by atoms with E-state index in [1.165, 1.54) is 6.07 Å². The minimum Gasteiger partial charge on any atom is -0.507 e. The van der Waals surface area contributed by atoms with Crippen LogP contribution in [0.5, 0.6) is 11.5 Å². The maximum atomic E-state index is 12.2. The standard InChI is InChI=1S/C21H24O6/c1-4-5-6-18(25)27-17(10-7-12(2)3)13-11-16(24)19-14(22)8-9-15(23)20(19)21(13)26/h7-9,11,17,24,26H,4-6,10H2,1-3H3/t17-/m1/s1. The maximum Gasteiger partial charge on any atom is 0.306 e. The van der Waals surface area contributed by atoms with Crippen LogP contribution in [0.3, 0.4) is 0 Å². The van der Waals surface area contributed by atoms with Crippen LogP contribution in [-0.4, -0.2) is 27.7 Å². The first kappa shape index (κ1) is 20.4. The van der Waals surface area contributed by atoms with Gasteiger partial charge in [-0.15, -0.1) is 0 Å². The van der Waals surface area contributed by atoms with Crippen molar-refractivity contribution in [1.29, 1.82) is 0 Å². The van der Waals surface area contributed by atoms with E-state index in [-0.39, 0.29) is 29.5 Å². The lowest BCUT2D eigenvalue weighted by Gasteiger charge is -2.22. The van der Waals surface area contributed by atoms with E-state index in [1.54, 1.807) is 0 Å². The van der Waals surface area contributed by atoms with Gasteiger partial charge in [-0.05, 0) is 38.5 Å². The molecule has 1 aromatic rings. The normalized spacial score (nSPS) is 13.9. The summed E-state index contributed by atoms with van der Waals surface area (Å²) in [5, 5.41) is 20.9. The number of phenolic OH excluding ortho intramolecular Hbond substituents is 2. The first-order valence-corrected chi connectivity index (χ1v) is 8.94. The van der Waals surface area contributed by atoms with Gasteiger partial charge in [0.15, 0.2) is 11.6 Å². The number of ether oxygens (including phenoxy) is 1. The summed E-state index contributed by atoms with van der Waals surface area (Å²) in [5.41, 5.74) is 0.594. The molecule has 1 atom stereocenters. The summed E-state index contributed by atoms with van der Waals surface area (Å²) in [6.45, 7) is 5.72. The molecule has 1 aromatic carbocycles. The topological polar surface area (TPSA) is 101 Å². The van der Waals surface area contributed by atoms with Gasteiger partial charge in [-0.2, -0.15) is 0 Å². The molecule has 27 heavy (non-hydrogen) atoms. The van der Waals surface area contributed by atoms with Gasteiger partial charge in [0, 0.05) is 18.4 Å². The number of fused-ring (bicyclic) bond motifs is 1. The Labute approximate surface area is 158 Å². The number of esters is 1. The molecule has 6 nitrogen and oxygen atoms in total. The molecule has 0 aromatic heterocycles. The first-order chi connectivity index (χ1) is 12.8. The number of unbranched alkanes of at least 4 members (excludes halogenated alkanes) is 1. The van der Waals surface area contributed by atoms with Crippen LogP contribution in [0.2, 0.25) is 0 Å². The molecule has 0 spiro atoms. The molecule has 0 amide bonds. The van der Waals surface area contributed by atoms with Crippen molar-refractivity contribution in [2.24, 2.45) is 0 Å². The summed E-state index contributed by atoms with van der Waals surface area (Å²) < 4.78 is 5.51. The molecule has 0 unspecified atom stereocenters. The van der Waals surface area contributed by atoms with Gasteiger partial charge in [0.05, 0.1) is 11.1 Å². The van der Waals surface area contributed by atoms with Crippen LogP contribution in [0.4, 0.5) is 0 Å². The second kappa shape index (κ2) is 8.66. The Balaban J connectivity index is 2.49. The van der Waals surface area contributed by atoms with Crippen LogP contribution in [0.25, 0.3) is 0 Å². The second-order valence-corrected chi connectivity index (χ2v) is 6.74. The van der Waals surface area contributed by atoms with Crippen LogP contribution in [0.15, 0.2) is 29.9 Å². The molecule has 0 saturated heterocycles. The highest BCUT2D eigenvalue weighted by atomic mass is 16.5. The molecule has 0 radical (unpaired) electrons. The number of hydrogen-bond donors (Lipinski definition) is 2. The summed E-state index contributed by atoms with van der Waals surface area (Å²) >= 11 is 0. The Kier molecular flexibility index (Phi) is 6.55. The molecule has 144 valence electrons. The Hall–Kier alpha value is -2.89. The predicted molar refractivity (Wildman–Crippen MR) is 100.0 cm³/mol. The van der Waals surface area contributed by atoms with E-state index < -0.39 is 35.1 Å². The molecular formula is C21H24O6. The summed E-state index contributed by atoms with van der Waals surface area (Å²) in [4.78, 5) is 36.3. The van der Waals surface area contributed by atoms with Crippen molar-refractivity contribution < 1.29 is 29.3 Å². The highest BCUT2D eigenvalue weighted by Gasteiger charge is 2.31. The minimum atomic E-state index is -0.880. The van der Waals surface area contributed by atoms with Crippen molar-refractivity contribution in [3.8, 4) is 11.5 Å². The van der Waals surface area contributed by atoms with Crippen LogP contribution >= 0.6 is 0 Å². The lowest BCUT2D eigenvalue weighted by molar-refractivity contribution is -0.149. The summed E-state index contributed by atoms with van der Waals surface area (Å²) in [6.07, 6.45) is 5.06. The van der Waals surface area contributed by atoms with Gasteiger partial charge in [0.25, 0.3) is 0 Å². The molecule has 0 fully saturated rings. The monoisotopic (exact) mass is 372 g/mol. The summed E-state index contributed by atoms with van der Waals surface area (Å²) in [6, 6.07) is 1.19. The fourth-order valence-electron chi connectivity index (χ4n) is 2.85. The van der Waals surface area contributed by atoms with E-state index in [2.05, 4.69) is 0 Å². The zero-order valence-electron chi connectivity index (χ0n) is 15.7. The Morgan fingerprint density at radius 3 is 2.37 bits per heavy atom. The van der Waals surface area contributed by atoms with Gasteiger partial charge in [-0.1, -0.05) is 25.0 Å². The molecule has 0 saturated carbocycles. The molecule has 0 heterocycles. The van der Waals surface area contributed by atoms with Crippen molar-refractivity contribution in [3.63, 3.8) is 0 Å². The Bertz CT molecular complexity index is 828. The predicted octanol–water partition coefficient (Wildman–Crippen LogP) is 4.16. The van der Waals surface area contributed by atoms with E-state index in [4.69, 9.17) is 4.74 Å². The third-order valence-corrected chi connectivity index (χ3v) is 4.28. The van der Waals surface area contributed by atoms with Crippen LogP contribution in [0, 0.1) is 0 Å². The fourth-order valence-corrected chi connectivity index (χ4v) is 2.85. The van der Waals surface area contributed by atoms with E-state index >= 15 is 0 Å². The number of aromatic hydroxyl groups is 2. The van der Waals surface area contributed by atoms with Crippen molar-refractivity contribution in [2.75, 3.05) is 0 Å². The maximum absolute atomic E-state index is 12.2. The number of benzene rings is 1. The highest BCUT2D eigenvalue weighted by Crippen LogP contribution is 2.41. The highest BCUT2D eigenvalue weighted by molar-refractivity contribution is 6.24. The first-order valence-electron chi connectivity index (χ1n) is 8.94. The molecular weight excluding hydrogens is 348 g/mol. The Morgan fingerprint density at radius 2 is 1.78 bits per heavy atom. The van der Waals surface area contributed by atoms with E-state index in [9.17, 15) is 24.6 Å². The van der Waals surface area contributed by atoms with Gasteiger partial charge in [0.2, 0.25) is 0 Å². The van der Waals surface area contributed by atoms with Crippen molar-refractivity contribution in [3.05, 3.63) is 46.6 Å². The van der Waals surface area contributed by atoms with Gasteiger partial charge in [-0.25, -0.2) is 0 Å². The van der Waals surface area contributed by atoms with Gasteiger partial charge in [-0.3, -0.25) is 14.4 Å². The number of carbonyl (C=O) groups is 3. The fraction of sp³-hybridized carbons (Fsp3) is 0.381.